The number of hydrogen-bond donors (Lipinski definition) is 2. The molecule has 0 atom stereocenters. The van der Waals surface area contributed by atoms with Gasteiger partial charge in [-0.1, -0.05) is 23.5 Å². The maximum atomic E-state index is 3.90. The Bertz CT molecular complexity index is 272. The van der Waals surface area contributed by atoms with Gasteiger partial charge >= 0.3 is 0 Å². The molecular formula is C7H8N4. The third-order valence-electron chi connectivity index (χ3n) is 1.52. The quantitative estimate of drug-likeness (QED) is 0.542. The van der Waals surface area contributed by atoms with E-state index in [4.69, 9.17) is 0 Å². The zero-order chi connectivity index (χ0) is 7.52. The van der Waals surface area contributed by atoms with Crippen LogP contribution in [-0.2, 0) is 0 Å². The molecule has 0 aromatic rings. The van der Waals surface area contributed by atoms with E-state index in [1.165, 1.54) is 0 Å². The van der Waals surface area contributed by atoms with Crippen molar-refractivity contribution in [2.24, 2.45) is 10.3 Å². The smallest absolute Gasteiger partial charge is 0.112 e. The van der Waals surface area contributed by atoms with E-state index in [1.807, 2.05) is 12.2 Å². The Balaban J connectivity index is 2.38. The highest BCUT2D eigenvalue weighted by Crippen LogP contribution is 2.14. The molecule has 0 spiro atoms. The van der Waals surface area contributed by atoms with E-state index < -0.39 is 0 Å². The first kappa shape index (κ1) is 6.15. The van der Waals surface area contributed by atoms with Crippen LogP contribution in [0.2, 0.25) is 0 Å². The average Bonchev–Trinajstić information content (AvgIpc) is 2.28. The summed E-state index contributed by atoms with van der Waals surface area (Å²) in [5.74, 6) is 0. The molecule has 0 amide bonds. The number of fused-ring (bicyclic) bond motifs is 1. The summed E-state index contributed by atoms with van der Waals surface area (Å²) >= 11 is 0. The van der Waals surface area contributed by atoms with Crippen molar-refractivity contribution >= 4 is 0 Å². The lowest BCUT2D eigenvalue weighted by Gasteiger charge is -2.12. The van der Waals surface area contributed by atoms with E-state index in [-0.39, 0.29) is 0 Å². The van der Waals surface area contributed by atoms with Crippen molar-refractivity contribution in [2.75, 3.05) is 0 Å². The standard InChI is InChI=1S/C7H8N4/c1-2-4-6-7(5-3-1)9-11-10-8-6/h1-2,4-5H,3H2,(H,8,11)(H,9,10). The normalized spacial score (nSPS) is 20.4. The van der Waals surface area contributed by atoms with Crippen molar-refractivity contribution in [1.82, 2.24) is 11.0 Å². The highest BCUT2D eigenvalue weighted by Gasteiger charge is 2.07. The van der Waals surface area contributed by atoms with Gasteiger partial charge in [-0.25, -0.2) is 5.53 Å². The van der Waals surface area contributed by atoms with Crippen LogP contribution in [-0.4, -0.2) is 0 Å². The first-order valence-corrected chi connectivity index (χ1v) is 3.46. The highest BCUT2D eigenvalue weighted by atomic mass is 15.6. The van der Waals surface area contributed by atoms with Gasteiger partial charge in [0.1, 0.15) is 5.70 Å². The lowest BCUT2D eigenvalue weighted by atomic mass is 10.3. The fourth-order valence-corrected chi connectivity index (χ4v) is 0.984. The van der Waals surface area contributed by atoms with Crippen molar-refractivity contribution < 1.29 is 0 Å². The van der Waals surface area contributed by atoms with Crippen LogP contribution in [0, 0.1) is 0 Å². The summed E-state index contributed by atoms with van der Waals surface area (Å²) in [5.41, 5.74) is 7.35. The van der Waals surface area contributed by atoms with E-state index in [9.17, 15) is 0 Å². The molecule has 56 valence electrons. The van der Waals surface area contributed by atoms with Crippen LogP contribution in [0.5, 0.6) is 0 Å². The zero-order valence-electron chi connectivity index (χ0n) is 5.91. The minimum atomic E-state index is 0.873. The second-order valence-electron chi connectivity index (χ2n) is 2.27. The van der Waals surface area contributed by atoms with Gasteiger partial charge in [0.2, 0.25) is 0 Å². The summed E-state index contributed by atoms with van der Waals surface area (Å²) in [4.78, 5) is 0. The van der Waals surface area contributed by atoms with Crippen LogP contribution in [0.25, 0.3) is 0 Å². The number of allylic oxidation sites excluding steroid dienone is 4. The Kier molecular flexibility index (Phi) is 1.44. The van der Waals surface area contributed by atoms with Crippen molar-refractivity contribution in [3.8, 4) is 0 Å². The number of hydrazine groups is 1. The second-order valence-corrected chi connectivity index (χ2v) is 2.27. The van der Waals surface area contributed by atoms with Crippen molar-refractivity contribution in [1.29, 1.82) is 0 Å². The number of nitrogens with zero attached hydrogens (tertiary/aromatic N) is 2. The number of nitrogens with one attached hydrogen (secondary N) is 2. The first-order valence-electron chi connectivity index (χ1n) is 3.46. The summed E-state index contributed by atoms with van der Waals surface area (Å²) in [6.45, 7) is 0. The number of rotatable bonds is 0. The first-order chi connectivity index (χ1) is 5.47. The Morgan fingerprint density at radius 1 is 1.45 bits per heavy atom. The zero-order valence-corrected chi connectivity index (χ0v) is 5.91. The molecule has 2 aliphatic rings. The molecule has 0 bridgehead atoms. The Morgan fingerprint density at radius 3 is 3.45 bits per heavy atom. The van der Waals surface area contributed by atoms with Crippen LogP contribution in [0.1, 0.15) is 6.42 Å². The van der Waals surface area contributed by atoms with Crippen molar-refractivity contribution in [3.63, 3.8) is 0 Å². The minimum absolute atomic E-state index is 0.873. The maximum absolute atomic E-state index is 3.90. The fourth-order valence-electron chi connectivity index (χ4n) is 0.984. The van der Waals surface area contributed by atoms with Gasteiger partial charge in [-0.2, -0.15) is 0 Å². The van der Waals surface area contributed by atoms with Gasteiger partial charge in [-0.05, 0) is 12.5 Å². The SMILES string of the molecule is C1=CCC=C2NNN=NC2=C1. The average molecular weight is 148 g/mol. The predicted molar refractivity (Wildman–Crippen MR) is 41.1 cm³/mol. The molecule has 4 nitrogen and oxygen atoms in total. The Hall–Kier alpha value is -1.58. The van der Waals surface area contributed by atoms with Gasteiger partial charge in [0.15, 0.2) is 0 Å². The monoisotopic (exact) mass is 148 g/mol. The molecule has 1 aliphatic heterocycles. The Morgan fingerprint density at radius 2 is 2.45 bits per heavy atom. The summed E-state index contributed by atoms with van der Waals surface area (Å²) < 4.78 is 0. The van der Waals surface area contributed by atoms with Gasteiger partial charge in [0.25, 0.3) is 0 Å². The van der Waals surface area contributed by atoms with Crippen LogP contribution >= 0.6 is 0 Å². The van der Waals surface area contributed by atoms with Crippen LogP contribution in [0.3, 0.4) is 0 Å². The molecule has 0 saturated carbocycles. The molecule has 1 heterocycles. The van der Waals surface area contributed by atoms with E-state index in [1.54, 1.807) is 0 Å². The van der Waals surface area contributed by atoms with Crippen LogP contribution < -0.4 is 11.0 Å². The summed E-state index contributed by atoms with van der Waals surface area (Å²) in [6, 6.07) is 0. The summed E-state index contributed by atoms with van der Waals surface area (Å²) in [6.07, 6.45) is 8.95. The van der Waals surface area contributed by atoms with Crippen molar-refractivity contribution in [2.45, 2.75) is 6.42 Å². The molecule has 0 unspecified atom stereocenters. The number of hydrogen-bond acceptors (Lipinski definition) is 4. The van der Waals surface area contributed by atoms with Gasteiger partial charge in [0.05, 0.1) is 5.70 Å². The molecule has 0 saturated heterocycles. The topological polar surface area (TPSA) is 48.8 Å². The lowest BCUT2D eigenvalue weighted by Crippen LogP contribution is -2.29. The largest absolute Gasteiger partial charge is 0.282 e. The Labute approximate surface area is 64.3 Å². The molecule has 1 aliphatic carbocycles. The van der Waals surface area contributed by atoms with Gasteiger partial charge in [0, 0.05) is 0 Å². The maximum Gasteiger partial charge on any atom is 0.112 e. The van der Waals surface area contributed by atoms with Crippen LogP contribution in [0.15, 0.2) is 46.0 Å². The summed E-state index contributed by atoms with van der Waals surface area (Å²) in [5, 5.41) is 7.53. The molecule has 0 aromatic carbocycles. The van der Waals surface area contributed by atoms with Crippen LogP contribution in [0.4, 0.5) is 0 Å². The molecule has 4 heteroatoms. The molecule has 0 fully saturated rings. The molecule has 2 rings (SSSR count). The molecule has 2 N–H and O–H groups in total. The van der Waals surface area contributed by atoms with E-state index >= 15 is 0 Å². The van der Waals surface area contributed by atoms with E-state index in [0.717, 1.165) is 17.8 Å². The minimum Gasteiger partial charge on any atom is -0.282 e. The molecule has 11 heavy (non-hydrogen) atoms. The molecule has 0 radical (unpaired) electrons. The third kappa shape index (κ3) is 1.14. The van der Waals surface area contributed by atoms with Gasteiger partial charge < -0.3 is 0 Å². The summed E-state index contributed by atoms with van der Waals surface area (Å²) in [7, 11) is 0. The molecule has 0 aromatic heterocycles. The second kappa shape index (κ2) is 2.57. The third-order valence-corrected chi connectivity index (χ3v) is 1.52. The highest BCUT2D eigenvalue weighted by molar-refractivity contribution is 5.34. The fraction of sp³-hybridized carbons (Fsp3) is 0.143. The van der Waals surface area contributed by atoms with Crippen molar-refractivity contribution in [3.05, 3.63) is 35.7 Å². The predicted octanol–water partition coefficient (Wildman–Crippen LogP) is 1.19. The van der Waals surface area contributed by atoms with Gasteiger partial charge in [-0.15, -0.1) is 5.11 Å². The van der Waals surface area contributed by atoms with E-state index in [0.29, 0.717) is 0 Å². The molecular weight excluding hydrogens is 140 g/mol. The van der Waals surface area contributed by atoms with E-state index in [2.05, 4.69) is 33.5 Å². The van der Waals surface area contributed by atoms with Gasteiger partial charge in [-0.3, -0.25) is 5.43 Å². The lowest BCUT2D eigenvalue weighted by molar-refractivity contribution is 0.568.